The number of aldehydes is 1. The van der Waals surface area contributed by atoms with E-state index in [1.807, 2.05) is 48.3 Å². The lowest BCUT2D eigenvalue weighted by Crippen LogP contribution is -2.04. The maximum atomic E-state index is 11.1. The molecule has 96 valence electrons. The smallest absolute Gasteiger partial charge is 0.152 e. The third-order valence-corrected chi connectivity index (χ3v) is 3.44. The molecule has 19 heavy (non-hydrogen) atoms. The maximum Gasteiger partial charge on any atom is 0.152 e. The van der Waals surface area contributed by atoms with E-state index in [-0.39, 0.29) is 0 Å². The van der Waals surface area contributed by atoms with E-state index in [1.54, 1.807) is 6.20 Å². The lowest BCUT2D eigenvalue weighted by atomic mass is 10.2. The molecule has 0 radical (unpaired) electrons. The number of benzene rings is 1. The van der Waals surface area contributed by atoms with Crippen LogP contribution in [0.4, 0.5) is 0 Å². The van der Waals surface area contributed by atoms with Crippen molar-refractivity contribution in [1.82, 2.24) is 14.1 Å². The van der Waals surface area contributed by atoms with Gasteiger partial charge >= 0.3 is 0 Å². The molecule has 4 heteroatoms. The summed E-state index contributed by atoms with van der Waals surface area (Å²) in [6.45, 7) is 0.819. The number of nitrogens with zero attached hydrogens (tertiary/aromatic N) is 3. The average molecular weight is 253 g/mol. The number of hydrogen-bond acceptors (Lipinski definition) is 2. The van der Waals surface area contributed by atoms with Crippen molar-refractivity contribution in [2.24, 2.45) is 7.05 Å². The Labute approximate surface area is 111 Å². The molecule has 0 bridgehead atoms. The van der Waals surface area contributed by atoms with Gasteiger partial charge in [0.1, 0.15) is 5.82 Å². The molecule has 1 aromatic carbocycles. The van der Waals surface area contributed by atoms with Gasteiger partial charge in [0.2, 0.25) is 0 Å². The van der Waals surface area contributed by atoms with Crippen LogP contribution in [0.2, 0.25) is 0 Å². The predicted molar refractivity (Wildman–Crippen MR) is 74.2 cm³/mol. The fraction of sp³-hybridized carbons (Fsp3) is 0.200. The molecule has 0 saturated heterocycles. The van der Waals surface area contributed by atoms with Gasteiger partial charge < -0.3 is 9.13 Å². The minimum Gasteiger partial charge on any atom is -0.346 e. The number of rotatable bonds is 4. The summed E-state index contributed by atoms with van der Waals surface area (Å²) in [6, 6.07) is 7.98. The Balaban J connectivity index is 1.93. The molecular formula is C15H15N3O. The van der Waals surface area contributed by atoms with Crippen LogP contribution in [-0.4, -0.2) is 20.4 Å². The number of para-hydroxylation sites is 1. The first kappa shape index (κ1) is 11.7. The second kappa shape index (κ2) is 4.72. The Morgan fingerprint density at radius 3 is 2.89 bits per heavy atom. The van der Waals surface area contributed by atoms with E-state index in [0.717, 1.165) is 41.5 Å². The van der Waals surface area contributed by atoms with Gasteiger partial charge in [0.25, 0.3) is 0 Å². The van der Waals surface area contributed by atoms with Crippen LogP contribution in [0, 0.1) is 0 Å². The third kappa shape index (κ3) is 2.05. The second-order valence-corrected chi connectivity index (χ2v) is 4.62. The van der Waals surface area contributed by atoms with Crippen LogP contribution in [0.15, 0.2) is 42.9 Å². The highest BCUT2D eigenvalue weighted by molar-refractivity contribution is 5.97. The molecule has 0 amide bonds. The molecular weight excluding hydrogens is 238 g/mol. The first-order chi connectivity index (χ1) is 9.29. The SMILES string of the molecule is Cn1ccnc1CCn1cc(C=O)c2ccccc21. The average Bonchev–Trinajstić information content (AvgIpc) is 3.00. The lowest BCUT2D eigenvalue weighted by Gasteiger charge is -2.05. The van der Waals surface area contributed by atoms with Gasteiger partial charge in [-0.15, -0.1) is 0 Å². The number of hydrogen-bond donors (Lipinski definition) is 0. The van der Waals surface area contributed by atoms with Crippen molar-refractivity contribution >= 4 is 17.2 Å². The van der Waals surface area contributed by atoms with E-state index < -0.39 is 0 Å². The van der Waals surface area contributed by atoms with Gasteiger partial charge in [-0.2, -0.15) is 0 Å². The molecule has 2 aromatic heterocycles. The van der Waals surface area contributed by atoms with Crippen LogP contribution in [0.3, 0.4) is 0 Å². The summed E-state index contributed by atoms with van der Waals surface area (Å²) >= 11 is 0. The zero-order valence-electron chi connectivity index (χ0n) is 10.8. The molecule has 4 nitrogen and oxygen atoms in total. The molecule has 0 atom stereocenters. The van der Waals surface area contributed by atoms with Gasteiger partial charge in [-0.05, 0) is 6.07 Å². The monoisotopic (exact) mass is 253 g/mol. The largest absolute Gasteiger partial charge is 0.346 e. The highest BCUT2D eigenvalue weighted by Crippen LogP contribution is 2.20. The van der Waals surface area contributed by atoms with Crippen LogP contribution in [-0.2, 0) is 20.0 Å². The van der Waals surface area contributed by atoms with E-state index >= 15 is 0 Å². The zero-order chi connectivity index (χ0) is 13.2. The molecule has 0 saturated carbocycles. The number of fused-ring (bicyclic) bond motifs is 1. The van der Waals surface area contributed by atoms with Crippen LogP contribution < -0.4 is 0 Å². The second-order valence-electron chi connectivity index (χ2n) is 4.62. The zero-order valence-corrected chi connectivity index (χ0v) is 10.8. The van der Waals surface area contributed by atoms with E-state index in [9.17, 15) is 4.79 Å². The van der Waals surface area contributed by atoms with Crippen molar-refractivity contribution in [2.45, 2.75) is 13.0 Å². The topological polar surface area (TPSA) is 39.8 Å². The number of aromatic nitrogens is 3. The number of carbonyl (C=O) groups is 1. The number of carbonyl (C=O) groups excluding carboxylic acids is 1. The van der Waals surface area contributed by atoms with Gasteiger partial charge in [-0.25, -0.2) is 4.98 Å². The molecule has 0 aliphatic rings. The third-order valence-electron chi connectivity index (χ3n) is 3.44. The minimum absolute atomic E-state index is 0.746. The molecule has 0 fully saturated rings. The Morgan fingerprint density at radius 1 is 1.32 bits per heavy atom. The highest BCUT2D eigenvalue weighted by atomic mass is 16.1. The summed E-state index contributed by atoms with van der Waals surface area (Å²) in [6.07, 6.45) is 7.43. The summed E-state index contributed by atoms with van der Waals surface area (Å²) in [5.74, 6) is 1.05. The van der Waals surface area contributed by atoms with Crippen molar-refractivity contribution in [3.8, 4) is 0 Å². The van der Waals surface area contributed by atoms with Crippen molar-refractivity contribution in [1.29, 1.82) is 0 Å². The van der Waals surface area contributed by atoms with Crippen molar-refractivity contribution in [3.63, 3.8) is 0 Å². The molecule has 0 aliphatic heterocycles. The van der Waals surface area contributed by atoms with Crippen LogP contribution in [0.5, 0.6) is 0 Å². The molecule has 0 spiro atoms. The predicted octanol–water partition coefficient (Wildman–Crippen LogP) is 2.43. The van der Waals surface area contributed by atoms with Gasteiger partial charge in [0, 0.05) is 55.1 Å². The molecule has 0 unspecified atom stereocenters. The Hall–Kier alpha value is -2.36. The molecule has 3 aromatic rings. The van der Waals surface area contributed by atoms with Crippen molar-refractivity contribution < 1.29 is 4.79 Å². The Bertz CT molecular complexity index is 724. The maximum absolute atomic E-state index is 11.1. The first-order valence-corrected chi connectivity index (χ1v) is 6.29. The minimum atomic E-state index is 0.746. The van der Waals surface area contributed by atoms with Gasteiger partial charge in [0.05, 0.1) is 0 Å². The Morgan fingerprint density at radius 2 is 2.16 bits per heavy atom. The van der Waals surface area contributed by atoms with E-state index in [4.69, 9.17) is 0 Å². The quantitative estimate of drug-likeness (QED) is 0.670. The summed E-state index contributed by atoms with van der Waals surface area (Å²) in [7, 11) is 1.99. The fourth-order valence-corrected chi connectivity index (χ4v) is 2.41. The lowest BCUT2D eigenvalue weighted by molar-refractivity contribution is 0.112. The van der Waals surface area contributed by atoms with Gasteiger partial charge in [-0.3, -0.25) is 4.79 Å². The van der Waals surface area contributed by atoms with Crippen LogP contribution in [0.1, 0.15) is 16.2 Å². The van der Waals surface area contributed by atoms with Gasteiger partial charge in [0.15, 0.2) is 6.29 Å². The number of aryl methyl sites for hydroxylation is 3. The highest BCUT2D eigenvalue weighted by Gasteiger charge is 2.08. The first-order valence-electron chi connectivity index (χ1n) is 6.29. The van der Waals surface area contributed by atoms with Crippen molar-refractivity contribution in [2.75, 3.05) is 0 Å². The van der Waals surface area contributed by atoms with Gasteiger partial charge in [-0.1, -0.05) is 18.2 Å². The van der Waals surface area contributed by atoms with E-state index in [1.165, 1.54) is 0 Å². The summed E-state index contributed by atoms with van der Waals surface area (Å²) in [4.78, 5) is 15.4. The molecule has 3 rings (SSSR count). The van der Waals surface area contributed by atoms with Crippen LogP contribution >= 0.6 is 0 Å². The fourth-order valence-electron chi connectivity index (χ4n) is 2.41. The van der Waals surface area contributed by atoms with Crippen molar-refractivity contribution in [3.05, 3.63) is 54.2 Å². The summed E-state index contributed by atoms with van der Waals surface area (Å²) < 4.78 is 4.14. The number of imidazole rings is 1. The van der Waals surface area contributed by atoms with E-state index in [0.29, 0.717) is 0 Å². The molecule has 0 aliphatic carbocycles. The normalized spacial score (nSPS) is 11.0. The summed E-state index contributed by atoms with van der Waals surface area (Å²) in [5.41, 5.74) is 1.84. The van der Waals surface area contributed by atoms with E-state index in [2.05, 4.69) is 9.55 Å². The summed E-state index contributed by atoms with van der Waals surface area (Å²) in [5, 5.41) is 1.01. The van der Waals surface area contributed by atoms with Crippen LogP contribution in [0.25, 0.3) is 10.9 Å². The Kier molecular flexibility index (Phi) is 2.91. The molecule has 2 heterocycles. The standard InChI is InChI=1S/C15H15N3O/c1-17-9-7-16-15(17)6-8-18-10-12(11-19)13-4-2-3-5-14(13)18/h2-5,7,9-11H,6,8H2,1H3. The molecule has 0 N–H and O–H groups in total.